The Hall–Kier alpha value is -3.25. The van der Waals surface area contributed by atoms with Gasteiger partial charge in [-0.05, 0) is 85.0 Å². The minimum atomic E-state index is -0.693. The number of carbonyl (C=O) groups excluding carboxylic acids is 3. The molecule has 1 heterocycles. The second kappa shape index (κ2) is 8.66. The van der Waals surface area contributed by atoms with E-state index in [4.69, 9.17) is 6.42 Å². The highest BCUT2D eigenvalue weighted by atomic mass is 16.2. The van der Waals surface area contributed by atoms with Crippen LogP contribution < -0.4 is 0 Å². The maximum absolute atomic E-state index is 14.7. The summed E-state index contributed by atoms with van der Waals surface area (Å²) in [6.07, 6.45) is 18.2. The van der Waals surface area contributed by atoms with Crippen LogP contribution in [0.3, 0.4) is 0 Å². The second-order valence-corrected chi connectivity index (χ2v) is 16.0. The van der Waals surface area contributed by atoms with Gasteiger partial charge in [-0.1, -0.05) is 60.1 Å². The van der Waals surface area contributed by atoms with Gasteiger partial charge in [0.1, 0.15) is 18.1 Å². The number of fused-ring (bicyclic) bond motifs is 7. The van der Waals surface area contributed by atoms with Crippen molar-refractivity contribution in [1.82, 2.24) is 9.55 Å². The molecule has 0 aliphatic heterocycles. The number of carbonyl (C=O) groups is 3. The van der Waals surface area contributed by atoms with Crippen molar-refractivity contribution in [3.63, 3.8) is 0 Å². The molecule has 0 spiro atoms. The molecule has 5 aliphatic rings. The minimum absolute atomic E-state index is 0.00587. The number of rotatable bonds is 1. The van der Waals surface area contributed by atoms with Crippen LogP contribution in [0.1, 0.15) is 104 Å². The number of Topliss-reactive ketones (excluding diaryl/α,β-unsaturated/α-hetero) is 1. The van der Waals surface area contributed by atoms with Crippen LogP contribution in [-0.2, 0) is 9.59 Å². The molecule has 0 amide bonds. The van der Waals surface area contributed by atoms with Crippen LogP contribution in [0.4, 0.5) is 0 Å². The van der Waals surface area contributed by atoms with E-state index in [1.54, 1.807) is 10.8 Å². The molecule has 7 atom stereocenters. The van der Waals surface area contributed by atoms with Crippen LogP contribution in [0.15, 0.2) is 35.8 Å². The number of nitriles is 1. The predicted molar refractivity (Wildman–Crippen MR) is 160 cm³/mol. The Labute approximate surface area is 250 Å². The maximum Gasteiger partial charge on any atom is 0.238 e. The van der Waals surface area contributed by atoms with Gasteiger partial charge in [0, 0.05) is 22.9 Å². The molecule has 1 aromatic rings. The lowest BCUT2D eigenvalue weighted by Gasteiger charge is -2.69. The van der Waals surface area contributed by atoms with Gasteiger partial charge in [0.2, 0.25) is 5.91 Å². The lowest BCUT2D eigenvalue weighted by atomic mass is 9.34. The topological polar surface area (TPSA) is 92.8 Å². The van der Waals surface area contributed by atoms with E-state index in [1.807, 2.05) is 26.0 Å². The summed E-state index contributed by atoms with van der Waals surface area (Å²) in [5.74, 6) is 2.15. The minimum Gasteiger partial charge on any atom is -0.295 e. The summed E-state index contributed by atoms with van der Waals surface area (Å²) in [4.78, 5) is 46.6. The van der Waals surface area contributed by atoms with Crippen LogP contribution in [-0.4, -0.2) is 27.0 Å². The molecule has 6 nitrogen and oxygen atoms in total. The predicted octanol–water partition coefficient (Wildman–Crippen LogP) is 6.72. The van der Waals surface area contributed by atoms with Crippen LogP contribution in [0, 0.1) is 73.9 Å². The zero-order valence-electron chi connectivity index (χ0n) is 26.1. The van der Waals surface area contributed by atoms with E-state index in [-0.39, 0.29) is 57.0 Å². The number of hydrogen-bond donors (Lipinski definition) is 0. The van der Waals surface area contributed by atoms with Crippen molar-refractivity contribution in [3.8, 4) is 18.4 Å². The lowest BCUT2D eigenvalue weighted by Crippen LogP contribution is -2.66. The molecule has 6 heteroatoms. The first kappa shape index (κ1) is 28.9. The number of terminal acetylenes is 1. The normalized spacial score (nSPS) is 41.5. The molecule has 0 saturated heterocycles. The van der Waals surface area contributed by atoms with Crippen LogP contribution in [0.25, 0.3) is 0 Å². The summed E-state index contributed by atoms with van der Waals surface area (Å²) in [5.41, 5.74) is -0.870. The molecule has 0 radical (unpaired) electrons. The molecule has 0 N–H and O–H groups in total. The van der Waals surface area contributed by atoms with E-state index in [2.05, 4.69) is 51.6 Å². The summed E-state index contributed by atoms with van der Waals surface area (Å²) in [7, 11) is 0. The van der Waals surface area contributed by atoms with Crippen molar-refractivity contribution < 1.29 is 14.4 Å². The van der Waals surface area contributed by atoms with Gasteiger partial charge >= 0.3 is 0 Å². The van der Waals surface area contributed by atoms with Crippen molar-refractivity contribution >= 4 is 17.5 Å². The Bertz CT molecular complexity index is 1580. The van der Waals surface area contributed by atoms with Gasteiger partial charge in [0.15, 0.2) is 11.6 Å². The number of allylic oxidation sites excluding steroid dienone is 4. The Morgan fingerprint density at radius 3 is 2.38 bits per heavy atom. The molecule has 2 unspecified atom stereocenters. The highest BCUT2D eigenvalue weighted by Crippen LogP contribution is 2.74. The van der Waals surface area contributed by atoms with Crippen molar-refractivity contribution in [1.29, 1.82) is 5.26 Å². The summed E-state index contributed by atoms with van der Waals surface area (Å²) in [6, 6.07) is 2.18. The van der Waals surface area contributed by atoms with E-state index in [0.717, 1.165) is 44.1 Å². The number of ketones is 2. The average Bonchev–Trinajstić information content (AvgIpc) is 3.41. The van der Waals surface area contributed by atoms with E-state index >= 15 is 0 Å². The smallest absolute Gasteiger partial charge is 0.238 e. The van der Waals surface area contributed by atoms with E-state index in [1.165, 1.54) is 6.33 Å². The van der Waals surface area contributed by atoms with Gasteiger partial charge in [0.05, 0.1) is 11.0 Å². The van der Waals surface area contributed by atoms with Gasteiger partial charge in [-0.15, -0.1) is 6.42 Å². The summed E-state index contributed by atoms with van der Waals surface area (Å²) >= 11 is 0. The van der Waals surface area contributed by atoms with Gasteiger partial charge in [0.25, 0.3) is 0 Å². The molecule has 42 heavy (non-hydrogen) atoms. The van der Waals surface area contributed by atoms with Crippen molar-refractivity contribution in [2.45, 2.75) is 93.4 Å². The van der Waals surface area contributed by atoms with Gasteiger partial charge < -0.3 is 0 Å². The van der Waals surface area contributed by atoms with E-state index < -0.39 is 16.2 Å². The Balaban J connectivity index is 1.52. The first-order chi connectivity index (χ1) is 19.5. The molecule has 220 valence electrons. The van der Waals surface area contributed by atoms with E-state index in [0.29, 0.717) is 12.1 Å². The fraction of sp³-hybridized carbons (Fsp3) is 0.639. The number of nitrogens with zero attached hydrogens (tertiary/aromatic N) is 3. The lowest BCUT2D eigenvalue weighted by molar-refractivity contribution is -0.164. The number of hydrogen-bond acceptors (Lipinski definition) is 5. The first-order valence-electron chi connectivity index (χ1n) is 15.5. The summed E-state index contributed by atoms with van der Waals surface area (Å²) < 4.78 is 1.57. The molecule has 3 fully saturated rings. The monoisotopic (exact) mass is 565 g/mol. The van der Waals surface area contributed by atoms with Gasteiger partial charge in [-0.25, -0.2) is 4.98 Å². The quantitative estimate of drug-likeness (QED) is 0.352. The third-order valence-electron chi connectivity index (χ3n) is 13.3. The Morgan fingerprint density at radius 1 is 1.05 bits per heavy atom. The zero-order valence-corrected chi connectivity index (χ0v) is 26.1. The molecule has 5 aliphatic carbocycles. The average molecular weight is 566 g/mol. The third-order valence-corrected chi connectivity index (χ3v) is 13.3. The van der Waals surface area contributed by atoms with Crippen LogP contribution in [0.5, 0.6) is 0 Å². The molecule has 3 saturated carbocycles. The molecule has 1 aromatic heterocycles. The fourth-order valence-electron chi connectivity index (χ4n) is 10.8. The number of imidazole rings is 1. The van der Waals surface area contributed by atoms with Crippen molar-refractivity contribution in [2.75, 3.05) is 0 Å². The van der Waals surface area contributed by atoms with Crippen LogP contribution >= 0.6 is 0 Å². The van der Waals surface area contributed by atoms with E-state index in [9.17, 15) is 19.6 Å². The van der Waals surface area contributed by atoms with Crippen LogP contribution in [0.2, 0.25) is 0 Å². The zero-order chi connectivity index (χ0) is 30.7. The van der Waals surface area contributed by atoms with Gasteiger partial charge in [-0.2, -0.15) is 5.26 Å². The first-order valence-corrected chi connectivity index (χ1v) is 15.5. The van der Waals surface area contributed by atoms with Crippen molar-refractivity contribution in [2.24, 2.45) is 50.2 Å². The fourth-order valence-corrected chi connectivity index (χ4v) is 10.8. The molecular weight excluding hydrogens is 522 g/mol. The third kappa shape index (κ3) is 3.45. The van der Waals surface area contributed by atoms with Crippen molar-refractivity contribution in [3.05, 3.63) is 41.5 Å². The molecular formula is C36H43N3O3. The molecule has 0 bridgehead atoms. The Kier molecular flexibility index (Phi) is 5.95. The summed E-state index contributed by atoms with van der Waals surface area (Å²) in [6.45, 7) is 15.2. The highest BCUT2D eigenvalue weighted by Gasteiger charge is 2.71. The largest absolute Gasteiger partial charge is 0.295 e. The number of aromatic nitrogens is 2. The highest BCUT2D eigenvalue weighted by molar-refractivity contribution is 6.04. The molecule has 6 rings (SSSR count). The van der Waals surface area contributed by atoms with Gasteiger partial charge in [-0.3, -0.25) is 19.0 Å². The Morgan fingerprint density at radius 2 is 1.74 bits per heavy atom. The summed E-state index contributed by atoms with van der Waals surface area (Å²) in [5, 5.41) is 9.94. The SMILES string of the molecule is C#Cc1cn(C(=O)[C@]23CCC(C)(C)CC2C2C(=O)C=C4[C@@]5(C)C=C(C#N)C(=O)C(C)(C)[C@@H]5CC[C@@]4(C)[C@]2(C)CC3)cn1. The maximum atomic E-state index is 14.7. The second-order valence-electron chi connectivity index (χ2n) is 16.0. The standard InChI is InChI=1S/C36H43N3O3/c1-9-23-20-39(21-38-23)30(42)36-14-12-31(2,3)18-24(36)28-25(40)16-27-33(6)17-22(19-37)29(41)32(4,5)26(33)10-11-34(27,7)35(28,8)13-15-36/h1,16-17,20-21,24,26,28H,10-15,18H2,2-8H3/t24?,26-,28?,33-,34+,35+,36-/m0/s1. The molecule has 0 aromatic carbocycles.